The predicted molar refractivity (Wildman–Crippen MR) is 120 cm³/mol. The van der Waals surface area contributed by atoms with Gasteiger partial charge < -0.3 is 9.30 Å². The SMILES string of the molecule is CCCc1nc2cnc3cc(OCc4ccc(C(F)(F)F)cc4)ccc3c2n1CC(C)C. The van der Waals surface area contributed by atoms with Crippen LogP contribution in [0, 0.1) is 5.92 Å². The fourth-order valence-corrected chi connectivity index (χ4v) is 3.86. The number of fused-ring (bicyclic) bond motifs is 3. The number of alkyl halides is 3. The molecule has 0 aliphatic rings. The molecule has 0 radical (unpaired) electrons. The molecule has 0 amide bonds. The molecule has 7 heteroatoms. The van der Waals surface area contributed by atoms with Gasteiger partial charge in [0.1, 0.15) is 23.7 Å². The van der Waals surface area contributed by atoms with Crippen LogP contribution < -0.4 is 4.74 Å². The number of aromatic nitrogens is 3. The molecule has 2 aromatic carbocycles. The summed E-state index contributed by atoms with van der Waals surface area (Å²) in [5.41, 5.74) is 2.78. The van der Waals surface area contributed by atoms with E-state index in [1.165, 1.54) is 12.1 Å². The second-order valence-corrected chi connectivity index (χ2v) is 8.44. The molecule has 4 rings (SSSR count). The van der Waals surface area contributed by atoms with Gasteiger partial charge in [-0.05, 0) is 42.2 Å². The number of aryl methyl sites for hydroxylation is 1. The fraction of sp³-hybridized carbons (Fsp3) is 0.360. The first-order valence-electron chi connectivity index (χ1n) is 10.8. The Kier molecular flexibility index (Phi) is 6.09. The van der Waals surface area contributed by atoms with E-state index >= 15 is 0 Å². The van der Waals surface area contributed by atoms with Crippen LogP contribution in [-0.4, -0.2) is 14.5 Å². The topological polar surface area (TPSA) is 39.9 Å². The normalized spacial score (nSPS) is 12.2. The number of hydrogen-bond acceptors (Lipinski definition) is 3. The van der Waals surface area contributed by atoms with Gasteiger partial charge >= 0.3 is 6.18 Å². The van der Waals surface area contributed by atoms with E-state index in [4.69, 9.17) is 9.72 Å². The van der Waals surface area contributed by atoms with Gasteiger partial charge in [-0.25, -0.2) is 4.98 Å². The summed E-state index contributed by atoms with van der Waals surface area (Å²) in [4.78, 5) is 9.39. The first-order chi connectivity index (χ1) is 15.3. The van der Waals surface area contributed by atoms with E-state index < -0.39 is 11.7 Å². The van der Waals surface area contributed by atoms with Crippen molar-refractivity contribution in [2.45, 2.75) is 52.9 Å². The molecule has 0 bridgehead atoms. The second kappa shape index (κ2) is 8.81. The molecule has 4 aromatic rings. The molecular formula is C25H26F3N3O. The maximum absolute atomic E-state index is 12.7. The third kappa shape index (κ3) is 4.56. The molecule has 168 valence electrons. The number of ether oxygens (including phenoxy) is 1. The lowest BCUT2D eigenvalue weighted by Crippen LogP contribution is -2.08. The van der Waals surface area contributed by atoms with Crippen LogP contribution >= 0.6 is 0 Å². The average Bonchev–Trinajstić information content (AvgIpc) is 3.09. The van der Waals surface area contributed by atoms with Crippen molar-refractivity contribution >= 4 is 21.9 Å². The number of pyridine rings is 1. The van der Waals surface area contributed by atoms with Gasteiger partial charge in [0, 0.05) is 24.4 Å². The lowest BCUT2D eigenvalue weighted by Gasteiger charge is -2.13. The summed E-state index contributed by atoms with van der Waals surface area (Å²) in [5, 5.41) is 1.01. The van der Waals surface area contributed by atoms with Crippen LogP contribution in [0.5, 0.6) is 5.75 Å². The lowest BCUT2D eigenvalue weighted by atomic mass is 10.1. The maximum Gasteiger partial charge on any atom is 0.416 e. The molecule has 0 saturated carbocycles. The minimum atomic E-state index is -4.34. The Balaban J connectivity index is 1.62. The van der Waals surface area contributed by atoms with Crippen molar-refractivity contribution in [2.75, 3.05) is 0 Å². The number of benzene rings is 2. The van der Waals surface area contributed by atoms with Crippen molar-refractivity contribution in [3.05, 3.63) is 65.6 Å². The zero-order valence-corrected chi connectivity index (χ0v) is 18.4. The van der Waals surface area contributed by atoms with E-state index in [0.717, 1.165) is 59.3 Å². The summed E-state index contributed by atoms with van der Waals surface area (Å²) in [7, 11) is 0. The van der Waals surface area contributed by atoms with Crippen molar-refractivity contribution < 1.29 is 17.9 Å². The van der Waals surface area contributed by atoms with Crippen LogP contribution in [0.3, 0.4) is 0 Å². The molecule has 2 aromatic heterocycles. The Morgan fingerprint density at radius 2 is 1.78 bits per heavy atom. The van der Waals surface area contributed by atoms with Crippen molar-refractivity contribution in [1.29, 1.82) is 0 Å². The van der Waals surface area contributed by atoms with Gasteiger partial charge in [0.05, 0.1) is 22.8 Å². The Labute approximate surface area is 185 Å². The Morgan fingerprint density at radius 3 is 2.44 bits per heavy atom. The van der Waals surface area contributed by atoms with Crippen molar-refractivity contribution in [3.8, 4) is 5.75 Å². The summed E-state index contributed by atoms with van der Waals surface area (Å²) in [5.74, 6) is 2.18. The molecule has 0 N–H and O–H groups in total. The molecule has 0 aliphatic carbocycles. The Morgan fingerprint density at radius 1 is 1.03 bits per heavy atom. The molecular weight excluding hydrogens is 415 g/mol. The van der Waals surface area contributed by atoms with Gasteiger partial charge in [-0.3, -0.25) is 4.98 Å². The standard InChI is InChI=1S/C25H26F3N3O/c1-4-5-23-30-22-13-29-21-12-19(10-11-20(21)24(22)31(23)14-16(2)3)32-15-17-6-8-18(9-7-17)25(26,27)28/h6-13,16H,4-5,14-15H2,1-3H3. The second-order valence-electron chi connectivity index (χ2n) is 8.44. The van der Waals surface area contributed by atoms with Gasteiger partial charge in [-0.15, -0.1) is 0 Å². The van der Waals surface area contributed by atoms with Crippen LogP contribution in [0.4, 0.5) is 13.2 Å². The molecule has 4 nitrogen and oxygen atoms in total. The summed E-state index contributed by atoms with van der Waals surface area (Å²) in [6.45, 7) is 7.60. The average molecular weight is 441 g/mol. The Hall–Kier alpha value is -3.09. The first-order valence-corrected chi connectivity index (χ1v) is 10.8. The molecule has 2 heterocycles. The Bertz CT molecular complexity index is 1230. The van der Waals surface area contributed by atoms with Crippen LogP contribution in [-0.2, 0) is 25.7 Å². The number of nitrogens with zero attached hydrogens (tertiary/aromatic N) is 3. The highest BCUT2D eigenvalue weighted by Crippen LogP contribution is 2.30. The van der Waals surface area contributed by atoms with Crippen molar-refractivity contribution in [3.63, 3.8) is 0 Å². The summed E-state index contributed by atoms with van der Waals surface area (Å²) < 4.78 is 46.3. The fourth-order valence-electron chi connectivity index (χ4n) is 3.86. The molecule has 0 unspecified atom stereocenters. The van der Waals surface area contributed by atoms with E-state index in [9.17, 15) is 13.2 Å². The van der Waals surface area contributed by atoms with Gasteiger partial charge in [-0.1, -0.05) is 32.9 Å². The largest absolute Gasteiger partial charge is 0.489 e. The van der Waals surface area contributed by atoms with Crippen LogP contribution in [0.25, 0.3) is 21.9 Å². The third-order valence-electron chi connectivity index (χ3n) is 5.33. The van der Waals surface area contributed by atoms with E-state index in [0.29, 0.717) is 17.2 Å². The van der Waals surface area contributed by atoms with Crippen LogP contribution in [0.15, 0.2) is 48.7 Å². The molecule has 0 saturated heterocycles. The summed E-state index contributed by atoms with van der Waals surface area (Å²) in [6.07, 6.45) is -0.604. The highest BCUT2D eigenvalue weighted by Gasteiger charge is 2.29. The minimum Gasteiger partial charge on any atom is -0.489 e. The van der Waals surface area contributed by atoms with Crippen LogP contribution in [0.2, 0.25) is 0 Å². The van der Waals surface area contributed by atoms with Crippen molar-refractivity contribution in [2.24, 2.45) is 5.92 Å². The molecule has 32 heavy (non-hydrogen) atoms. The molecule has 0 aliphatic heterocycles. The lowest BCUT2D eigenvalue weighted by molar-refractivity contribution is -0.137. The number of halogens is 3. The van der Waals surface area contributed by atoms with Crippen molar-refractivity contribution in [1.82, 2.24) is 14.5 Å². The smallest absolute Gasteiger partial charge is 0.416 e. The monoisotopic (exact) mass is 441 g/mol. The molecule has 0 atom stereocenters. The highest BCUT2D eigenvalue weighted by molar-refractivity contribution is 6.02. The maximum atomic E-state index is 12.7. The predicted octanol–water partition coefficient (Wildman–Crippen LogP) is 6.79. The number of imidazole rings is 1. The zero-order chi connectivity index (χ0) is 22.9. The summed E-state index contributed by atoms with van der Waals surface area (Å²) >= 11 is 0. The van der Waals surface area contributed by atoms with Gasteiger partial charge in [-0.2, -0.15) is 13.2 Å². The van der Waals surface area contributed by atoms with E-state index in [-0.39, 0.29) is 6.61 Å². The zero-order valence-electron chi connectivity index (χ0n) is 18.4. The summed E-state index contributed by atoms with van der Waals surface area (Å²) in [6, 6.07) is 10.7. The van der Waals surface area contributed by atoms with Crippen LogP contribution in [0.1, 0.15) is 44.1 Å². The highest BCUT2D eigenvalue weighted by atomic mass is 19.4. The quantitative estimate of drug-likeness (QED) is 0.317. The van der Waals surface area contributed by atoms with Gasteiger partial charge in [0.25, 0.3) is 0 Å². The number of hydrogen-bond donors (Lipinski definition) is 0. The molecule has 0 spiro atoms. The van der Waals surface area contributed by atoms with Gasteiger partial charge in [0.15, 0.2) is 0 Å². The van der Waals surface area contributed by atoms with E-state index in [1.807, 2.05) is 18.2 Å². The van der Waals surface area contributed by atoms with E-state index in [2.05, 4.69) is 30.3 Å². The number of rotatable bonds is 7. The van der Waals surface area contributed by atoms with Gasteiger partial charge in [0.2, 0.25) is 0 Å². The minimum absolute atomic E-state index is 0.178. The van der Waals surface area contributed by atoms with E-state index in [1.54, 1.807) is 6.20 Å². The first kappa shape index (κ1) is 22.1. The third-order valence-corrected chi connectivity index (χ3v) is 5.33. The molecule has 0 fully saturated rings.